The largest absolute Gasteiger partial charge is 0.491 e. The standard InChI is InChI=1S/C17H24N2O2/c1-2-8-17(9-5-10-18-12-17)16(20)19-14-11-21-15-7-4-3-6-13(14)15/h3-4,6-7,14,18H,2,5,8-12H2,1H3,(H,19,20). The lowest BCUT2D eigenvalue weighted by Gasteiger charge is -2.37. The second kappa shape index (κ2) is 6.06. The summed E-state index contributed by atoms with van der Waals surface area (Å²) in [5.74, 6) is 1.08. The molecule has 2 atom stereocenters. The molecule has 114 valence electrons. The number of hydrogen-bond acceptors (Lipinski definition) is 3. The first-order valence-electron chi connectivity index (χ1n) is 7.98. The zero-order valence-electron chi connectivity index (χ0n) is 12.7. The van der Waals surface area contributed by atoms with Crippen molar-refractivity contribution in [1.29, 1.82) is 0 Å². The summed E-state index contributed by atoms with van der Waals surface area (Å²) in [4.78, 5) is 12.9. The van der Waals surface area contributed by atoms with E-state index in [1.807, 2.05) is 24.3 Å². The van der Waals surface area contributed by atoms with E-state index in [2.05, 4.69) is 17.6 Å². The van der Waals surface area contributed by atoms with E-state index in [1.165, 1.54) is 0 Å². The molecule has 0 saturated carbocycles. The van der Waals surface area contributed by atoms with Gasteiger partial charge in [0, 0.05) is 12.1 Å². The Kier molecular flexibility index (Phi) is 4.15. The van der Waals surface area contributed by atoms with Crippen molar-refractivity contribution in [3.8, 4) is 5.75 Å². The molecule has 1 fully saturated rings. The van der Waals surface area contributed by atoms with Gasteiger partial charge in [0.2, 0.25) is 5.91 Å². The topological polar surface area (TPSA) is 50.4 Å². The molecule has 0 aliphatic carbocycles. The summed E-state index contributed by atoms with van der Waals surface area (Å²) in [5.41, 5.74) is 0.853. The van der Waals surface area contributed by atoms with Crippen LogP contribution >= 0.6 is 0 Å². The van der Waals surface area contributed by atoms with Gasteiger partial charge in [-0.2, -0.15) is 0 Å². The molecule has 2 aliphatic heterocycles. The molecular weight excluding hydrogens is 264 g/mol. The minimum atomic E-state index is -0.246. The van der Waals surface area contributed by atoms with Crippen LogP contribution in [0.5, 0.6) is 5.75 Å². The lowest BCUT2D eigenvalue weighted by atomic mass is 9.76. The predicted octanol–water partition coefficient (Wildman–Crippen LogP) is 2.41. The summed E-state index contributed by atoms with van der Waals surface area (Å²) < 4.78 is 5.66. The highest BCUT2D eigenvalue weighted by Gasteiger charge is 2.40. The molecule has 4 nitrogen and oxygen atoms in total. The number of benzene rings is 1. The van der Waals surface area contributed by atoms with Gasteiger partial charge >= 0.3 is 0 Å². The van der Waals surface area contributed by atoms with Gasteiger partial charge < -0.3 is 15.4 Å². The molecule has 1 aromatic rings. The van der Waals surface area contributed by atoms with Crippen LogP contribution in [0.15, 0.2) is 24.3 Å². The third kappa shape index (κ3) is 2.77. The molecule has 21 heavy (non-hydrogen) atoms. The van der Waals surface area contributed by atoms with Crippen LogP contribution in [0.4, 0.5) is 0 Å². The zero-order valence-corrected chi connectivity index (χ0v) is 12.7. The third-order valence-corrected chi connectivity index (χ3v) is 4.69. The van der Waals surface area contributed by atoms with Crippen molar-refractivity contribution >= 4 is 5.91 Å². The van der Waals surface area contributed by atoms with E-state index in [0.29, 0.717) is 6.61 Å². The molecule has 0 radical (unpaired) electrons. The summed E-state index contributed by atoms with van der Waals surface area (Å²) >= 11 is 0. The maximum absolute atomic E-state index is 12.9. The highest BCUT2D eigenvalue weighted by Crippen LogP contribution is 2.35. The van der Waals surface area contributed by atoms with Crippen LogP contribution in [0, 0.1) is 5.41 Å². The van der Waals surface area contributed by atoms with Crippen molar-refractivity contribution in [1.82, 2.24) is 10.6 Å². The Bertz CT molecular complexity index is 504. The van der Waals surface area contributed by atoms with E-state index < -0.39 is 0 Å². The minimum absolute atomic E-state index is 0.00985. The Balaban J connectivity index is 1.73. The SMILES string of the molecule is CCCC1(C(=O)NC2COc3ccccc32)CCCNC1. The third-order valence-electron chi connectivity index (χ3n) is 4.69. The molecule has 1 amide bonds. The summed E-state index contributed by atoms with van der Waals surface area (Å²) in [6.07, 6.45) is 4.04. The first kappa shape index (κ1) is 14.4. The van der Waals surface area contributed by atoms with Crippen LogP contribution in [-0.4, -0.2) is 25.6 Å². The second-order valence-electron chi connectivity index (χ2n) is 6.19. The average Bonchev–Trinajstić information content (AvgIpc) is 2.92. The van der Waals surface area contributed by atoms with Crippen molar-refractivity contribution in [2.75, 3.05) is 19.7 Å². The fraction of sp³-hybridized carbons (Fsp3) is 0.588. The first-order chi connectivity index (χ1) is 10.2. The Labute approximate surface area is 126 Å². The van der Waals surface area contributed by atoms with Gasteiger partial charge in [-0.25, -0.2) is 0 Å². The van der Waals surface area contributed by atoms with Crippen molar-refractivity contribution in [2.24, 2.45) is 5.41 Å². The highest BCUT2D eigenvalue weighted by molar-refractivity contribution is 5.83. The number of nitrogens with one attached hydrogen (secondary N) is 2. The molecule has 2 unspecified atom stereocenters. The van der Waals surface area contributed by atoms with Gasteiger partial charge in [-0.05, 0) is 31.9 Å². The molecule has 3 rings (SSSR count). The molecule has 0 bridgehead atoms. The van der Waals surface area contributed by atoms with Crippen LogP contribution in [0.3, 0.4) is 0 Å². The van der Waals surface area contributed by atoms with Crippen LogP contribution < -0.4 is 15.4 Å². The molecule has 0 spiro atoms. The van der Waals surface area contributed by atoms with Crippen LogP contribution in [0.2, 0.25) is 0 Å². The van der Waals surface area contributed by atoms with Crippen molar-refractivity contribution in [3.63, 3.8) is 0 Å². The smallest absolute Gasteiger partial charge is 0.228 e. The number of rotatable bonds is 4. The normalized spacial score (nSPS) is 27.8. The van der Waals surface area contributed by atoms with Crippen molar-refractivity contribution in [3.05, 3.63) is 29.8 Å². The Morgan fingerprint density at radius 3 is 3.10 bits per heavy atom. The summed E-state index contributed by atoms with van der Waals surface area (Å²) in [6.45, 7) is 4.51. The number of para-hydroxylation sites is 1. The van der Waals surface area contributed by atoms with Gasteiger partial charge in [-0.3, -0.25) is 4.79 Å². The maximum atomic E-state index is 12.9. The van der Waals surface area contributed by atoms with Gasteiger partial charge in [-0.1, -0.05) is 31.5 Å². The van der Waals surface area contributed by atoms with Crippen LogP contribution in [-0.2, 0) is 4.79 Å². The number of fused-ring (bicyclic) bond motifs is 1. The number of piperidine rings is 1. The molecule has 2 N–H and O–H groups in total. The summed E-state index contributed by atoms with van der Waals surface area (Å²) in [7, 11) is 0. The maximum Gasteiger partial charge on any atom is 0.228 e. The van der Waals surface area contributed by atoms with E-state index in [9.17, 15) is 4.79 Å². The van der Waals surface area contributed by atoms with Crippen LogP contribution in [0.1, 0.15) is 44.2 Å². The fourth-order valence-electron chi connectivity index (χ4n) is 3.56. The van der Waals surface area contributed by atoms with Crippen molar-refractivity contribution in [2.45, 2.75) is 38.6 Å². The Morgan fingerprint density at radius 2 is 2.33 bits per heavy atom. The van der Waals surface area contributed by atoms with E-state index in [4.69, 9.17) is 4.74 Å². The van der Waals surface area contributed by atoms with E-state index in [0.717, 1.165) is 50.1 Å². The highest BCUT2D eigenvalue weighted by atomic mass is 16.5. The van der Waals surface area contributed by atoms with Gasteiger partial charge in [0.25, 0.3) is 0 Å². The quantitative estimate of drug-likeness (QED) is 0.894. The molecule has 1 saturated heterocycles. The number of amides is 1. The van der Waals surface area contributed by atoms with Crippen molar-refractivity contribution < 1.29 is 9.53 Å². The minimum Gasteiger partial charge on any atom is -0.491 e. The Morgan fingerprint density at radius 1 is 1.48 bits per heavy atom. The first-order valence-corrected chi connectivity index (χ1v) is 7.98. The van der Waals surface area contributed by atoms with Gasteiger partial charge in [0.05, 0.1) is 11.5 Å². The number of hydrogen-bond donors (Lipinski definition) is 2. The van der Waals surface area contributed by atoms with Gasteiger partial charge in [0.1, 0.15) is 12.4 Å². The molecule has 2 heterocycles. The number of carbonyl (C=O) groups excluding carboxylic acids is 1. The monoisotopic (exact) mass is 288 g/mol. The Hall–Kier alpha value is -1.55. The molecule has 2 aliphatic rings. The number of ether oxygens (including phenoxy) is 1. The van der Waals surface area contributed by atoms with Gasteiger partial charge in [-0.15, -0.1) is 0 Å². The zero-order chi connectivity index (χ0) is 14.7. The summed E-state index contributed by atoms with van der Waals surface area (Å²) in [5, 5.41) is 6.62. The lowest BCUT2D eigenvalue weighted by molar-refractivity contribution is -0.133. The predicted molar refractivity (Wildman–Crippen MR) is 82.3 cm³/mol. The second-order valence-corrected chi connectivity index (χ2v) is 6.19. The lowest BCUT2D eigenvalue weighted by Crippen LogP contribution is -2.51. The van der Waals surface area contributed by atoms with E-state index in [-0.39, 0.29) is 17.4 Å². The van der Waals surface area contributed by atoms with E-state index in [1.54, 1.807) is 0 Å². The average molecular weight is 288 g/mol. The van der Waals surface area contributed by atoms with E-state index >= 15 is 0 Å². The molecule has 1 aromatic carbocycles. The molecule has 0 aromatic heterocycles. The summed E-state index contributed by atoms with van der Waals surface area (Å²) in [6, 6.07) is 7.96. The molecular formula is C17H24N2O2. The van der Waals surface area contributed by atoms with Crippen LogP contribution in [0.25, 0.3) is 0 Å². The van der Waals surface area contributed by atoms with Gasteiger partial charge in [0.15, 0.2) is 0 Å². The molecule has 4 heteroatoms. The number of carbonyl (C=O) groups is 1. The fourth-order valence-corrected chi connectivity index (χ4v) is 3.56.